The van der Waals surface area contributed by atoms with Crippen LogP contribution >= 0.6 is 0 Å². The Morgan fingerprint density at radius 2 is 1.49 bits per heavy atom. The van der Waals surface area contributed by atoms with Gasteiger partial charge in [0.2, 0.25) is 0 Å². The van der Waals surface area contributed by atoms with Gasteiger partial charge >= 0.3 is 218 Å². The van der Waals surface area contributed by atoms with Gasteiger partial charge in [-0.05, 0) is 0 Å². The van der Waals surface area contributed by atoms with E-state index in [-0.39, 0.29) is 12.3 Å². The van der Waals surface area contributed by atoms with Crippen LogP contribution in [0.15, 0.2) is 0 Å². The number of nitrogens with one attached hydrogen (secondary N) is 1. The molecule has 0 aliphatic carbocycles. The maximum absolute atomic E-state index is 11.9. The molecule has 0 aromatic carbocycles. The molecule has 18 heteroatoms. The molecule has 39 heavy (non-hydrogen) atoms. The summed E-state index contributed by atoms with van der Waals surface area (Å²) in [5.74, 6) is 3.57. The van der Waals surface area contributed by atoms with Crippen molar-refractivity contribution in [1.29, 1.82) is 0 Å². The Morgan fingerprint density at radius 1 is 0.974 bits per heavy atom. The quantitative estimate of drug-likeness (QED) is 0.0394. The molecule has 0 aliphatic heterocycles. The fraction of sp³-hybridized carbons (Fsp3) is 0.905. The van der Waals surface area contributed by atoms with Gasteiger partial charge in [-0.15, -0.1) is 0 Å². The molecule has 1 amide bonds. The van der Waals surface area contributed by atoms with Crippen LogP contribution in [0.1, 0.15) is 96.8 Å². The van der Waals surface area contributed by atoms with Crippen molar-refractivity contribution in [2.24, 2.45) is 5.73 Å². The Bertz CT molecular complexity index is 689. The molecule has 0 aromatic heterocycles. The predicted molar refractivity (Wildman–Crippen MR) is 201 cm³/mol. The van der Waals surface area contributed by atoms with E-state index in [0.29, 0.717) is 25.8 Å². The van der Waals surface area contributed by atoms with Crippen LogP contribution in [0.2, 0.25) is 0 Å². The molecule has 5 nitrogen and oxygen atoms in total. The number of hydrogen-bond donors (Lipinski definition) is 2. The summed E-state index contributed by atoms with van der Waals surface area (Å²) in [6, 6.07) is 2.83. The summed E-state index contributed by atoms with van der Waals surface area (Å²) in [6.07, 6.45) is 17.5. The first kappa shape index (κ1) is 39.0. The molecule has 0 spiro atoms. The van der Waals surface area contributed by atoms with Crippen LogP contribution in [0.4, 0.5) is 0 Å². The van der Waals surface area contributed by atoms with E-state index in [9.17, 15) is 9.59 Å². The number of carbonyl (C=O) groups excluding carboxylic acids is 2. The van der Waals surface area contributed by atoms with Gasteiger partial charge in [-0.2, -0.15) is 0 Å². The maximum atomic E-state index is 11.9. The average Bonchev–Trinajstić information content (AvgIpc) is 2.88. The fourth-order valence-corrected chi connectivity index (χ4v) is 12.0. The van der Waals surface area contributed by atoms with Crippen LogP contribution in [0.3, 0.4) is 0 Å². The fourth-order valence-electron chi connectivity index (χ4n) is 6.07. The van der Waals surface area contributed by atoms with E-state index in [0.717, 1.165) is 38.4 Å². The van der Waals surface area contributed by atoms with E-state index in [2.05, 4.69) is 69.4 Å². The van der Waals surface area contributed by atoms with Crippen LogP contribution in [-0.2, 0) is 23.6 Å². The molecular formula is C21H54B12N2O3S. The zero-order valence-corrected chi connectivity index (χ0v) is 27.5. The summed E-state index contributed by atoms with van der Waals surface area (Å²) >= 11 is 0. The second-order valence-corrected chi connectivity index (χ2v) is 16.0. The van der Waals surface area contributed by atoms with Crippen LogP contribution < -0.4 is 11.1 Å². The topological polar surface area (TPSA) is 81.4 Å². The second-order valence-electron chi connectivity index (χ2n) is 12.3. The molecule has 0 fully saturated rings. The van der Waals surface area contributed by atoms with Gasteiger partial charge in [-0.3, -0.25) is 10.5 Å². The Morgan fingerprint density at radius 3 is 1.97 bits per heavy atom. The van der Waals surface area contributed by atoms with Gasteiger partial charge in [0.15, 0.2) is 6.23 Å². The number of amides is 1. The molecule has 0 heterocycles. The predicted octanol–water partition coefficient (Wildman–Crippen LogP) is -3.66. The van der Waals surface area contributed by atoms with Crippen molar-refractivity contribution < 1.29 is 14.3 Å². The molecule has 208 valence electrons. The molecule has 0 rings (SSSR count). The molecule has 2 radical (unpaired) electrons. The Labute approximate surface area is 251 Å². The molecule has 0 aliphatic rings. The third-order valence-electron chi connectivity index (χ3n) is 7.85. The summed E-state index contributed by atoms with van der Waals surface area (Å²) in [7, 11) is 16.7. The molecule has 0 aromatic rings. The Balaban J connectivity index is 4.79. The number of ether oxygens (including phenoxy) is 1. The van der Waals surface area contributed by atoms with Crippen molar-refractivity contribution in [3.8, 4) is 0 Å². The summed E-state index contributed by atoms with van der Waals surface area (Å²) in [5, 5.41) is 2.95. The van der Waals surface area contributed by atoms with E-state index < -0.39 is 15.5 Å². The standard InChI is InChI=1S/C21H53B12N2O3S/c1-2-3-4-5-9-12-17-39(29-32(27)28-22,33(30(23)24)31(25)26)18-13-10-7-6-8-11-16-35-21(37)15-14-20(34)38-19-36/h19-20,22,28H,2-18,23-27,34H2,1H3/q-1/p+1/i22-1,23-1,24-1,25-1,26-1,27-1,28-1,29-1,30-1,31-1,32-1,33-1. The molecule has 0 saturated carbocycles. The molecule has 2 atom stereocenters. The van der Waals surface area contributed by atoms with Gasteiger partial charge in [0, 0.05) is 6.42 Å². The monoisotopic (exact) mass is 535 g/mol. The van der Waals surface area contributed by atoms with Gasteiger partial charge < -0.3 is 4.74 Å². The number of hydrogen-bond acceptors (Lipinski definition) is 4. The number of unbranched alkanes of at least 4 members (excludes halogenated alkanes) is 10. The van der Waals surface area contributed by atoms with E-state index >= 15 is 0 Å². The van der Waals surface area contributed by atoms with Crippen LogP contribution in [0, 0.1) is 0 Å². The van der Waals surface area contributed by atoms with Crippen molar-refractivity contribution in [3.05, 3.63) is 0 Å². The summed E-state index contributed by atoms with van der Waals surface area (Å²) in [5.41, 5.74) is 5.58. The Kier molecular flexibility index (Phi) is 24.6. The van der Waals surface area contributed by atoms with Crippen LogP contribution in [0.5, 0.6) is 0 Å². The average molecular weight is 535 g/mol. The number of rotatable bonds is 26. The third kappa shape index (κ3) is 19.0. The van der Waals surface area contributed by atoms with Gasteiger partial charge in [0.1, 0.15) is 0 Å². The van der Waals surface area contributed by atoms with E-state index in [1.165, 1.54) is 75.7 Å². The third-order valence-corrected chi connectivity index (χ3v) is 13.1. The first-order valence-electron chi connectivity index (χ1n) is 16.2. The Hall–Kier alpha value is 0.0292. The minimum atomic E-state index is -0.816. The summed E-state index contributed by atoms with van der Waals surface area (Å²) in [6.45, 7) is 3.33. The van der Waals surface area contributed by atoms with Crippen molar-refractivity contribution in [1.82, 2.24) is 5.32 Å². The van der Waals surface area contributed by atoms with Gasteiger partial charge in [0.05, 0.1) is 0 Å². The SMILES string of the molecule is [10BH-][10BH][10B]([10BH2])[10B]=[S+](CCCCCCCC)(CCCCCCCCNC(=O)CCC(N)OC=O)[10B]([10B]([10BH2])[10BH2])[10B]([10BH2])[10BH2]. The zero-order chi connectivity index (χ0) is 29.5. The van der Waals surface area contributed by atoms with Gasteiger partial charge in [-0.25, -0.2) is 0 Å². The second kappa shape index (κ2) is 24.6. The summed E-state index contributed by atoms with van der Waals surface area (Å²) < 4.78 is 4.61. The minimum absolute atomic E-state index is 0.0257. The normalized spacial score (nSPS) is 12.9. The van der Waals surface area contributed by atoms with Crippen molar-refractivity contribution in [3.63, 3.8) is 0 Å². The van der Waals surface area contributed by atoms with Gasteiger partial charge in [0.25, 0.3) is 6.47 Å². The van der Waals surface area contributed by atoms with Crippen molar-refractivity contribution in [2.75, 3.05) is 18.1 Å². The molecule has 3 N–H and O–H groups in total. The molecule has 0 bridgehead atoms. The number of carbonyl (C=O) groups is 2. The van der Waals surface area contributed by atoms with E-state index in [4.69, 9.17) is 5.73 Å². The van der Waals surface area contributed by atoms with Crippen molar-refractivity contribution in [2.45, 2.75) is 103 Å². The molecule has 0 saturated heterocycles. The first-order valence-corrected chi connectivity index (χ1v) is 18.3. The van der Waals surface area contributed by atoms with E-state index in [1.807, 2.05) is 0 Å². The summed E-state index contributed by atoms with van der Waals surface area (Å²) in [4.78, 5) is 22.2. The number of nitrogens with two attached hydrogens (primary N) is 1. The molecule has 2 unspecified atom stereocenters. The van der Waals surface area contributed by atoms with Crippen molar-refractivity contribution >= 4 is 106 Å². The van der Waals surface area contributed by atoms with Crippen LogP contribution in [-0.4, -0.2) is 121 Å². The van der Waals surface area contributed by atoms with E-state index in [1.54, 1.807) is 0 Å². The first-order chi connectivity index (χ1) is 18.6. The zero-order valence-electron chi connectivity index (χ0n) is 26.7. The van der Waals surface area contributed by atoms with Gasteiger partial charge in [-0.1, -0.05) is 0 Å². The molecular weight excluding hydrogens is 480 g/mol. The van der Waals surface area contributed by atoms with Crippen LogP contribution in [0.25, 0.3) is 0 Å².